The lowest BCUT2D eigenvalue weighted by molar-refractivity contribution is 0.0322. The molecule has 1 saturated carbocycles. The Labute approximate surface area is 91.6 Å². The van der Waals surface area contributed by atoms with Gasteiger partial charge in [0.1, 0.15) is 0 Å². The van der Waals surface area contributed by atoms with Gasteiger partial charge < -0.3 is 20.3 Å². The fourth-order valence-corrected chi connectivity index (χ4v) is 1.29. The Balaban J connectivity index is 1.81. The molecule has 3 N–H and O–H groups in total. The first-order valence-electron chi connectivity index (χ1n) is 5.83. The van der Waals surface area contributed by atoms with Crippen LogP contribution in [0.4, 0.5) is 0 Å². The van der Waals surface area contributed by atoms with E-state index in [4.69, 9.17) is 9.84 Å². The highest BCUT2D eigenvalue weighted by molar-refractivity contribution is 4.72. The van der Waals surface area contributed by atoms with Crippen molar-refractivity contribution < 1.29 is 14.9 Å². The molecule has 0 aromatic heterocycles. The second-order valence-electron chi connectivity index (χ2n) is 4.48. The van der Waals surface area contributed by atoms with Gasteiger partial charge in [-0.3, -0.25) is 0 Å². The lowest BCUT2D eigenvalue weighted by Gasteiger charge is -2.12. The molecule has 0 aromatic carbocycles. The average Bonchev–Trinajstić information content (AvgIpc) is 2.96. The number of aliphatic hydroxyl groups is 2. The highest BCUT2D eigenvalue weighted by Gasteiger charge is 2.21. The topological polar surface area (TPSA) is 61.7 Å². The molecule has 4 nitrogen and oxygen atoms in total. The fourth-order valence-electron chi connectivity index (χ4n) is 1.29. The highest BCUT2D eigenvalue weighted by Crippen LogP contribution is 2.28. The van der Waals surface area contributed by atoms with E-state index in [0.29, 0.717) is 13.2 Å². The summed E-state index contributed by atoms with van der Waals surface area (Å²) in [6.45, 7) is 4.24. The van der Waals surface area contributed by atoms with Crippen LogP contribution in [0, 0.1) is 5.92 Å². The quantitative estimate of drug-likeness (QED) is 0.481. The first kappa shape index (κ1) is 12.9. The third-order valence-corrected chi connectivity index (χ3v) is 2.48. The molecule has 0 spiro atoms. The Morgan fingerprint density at radius 2 is 2.13 bits per heavy atom. The molecule has 0 bridgehead atoms. The van der Waals surface area contributed by atoms with E-state index in [1.165, 1.54) is 12.8 Å². The van der Waals surface area contributed by atoms with E-state index in [2.05, 4.69) is 5.32 Å². The molecular formula is C11H23NO3. The van der Waals surface area contributed by atoms with Crippen molar-refractivity contribution in [1.29, 1.82) is 0 Å². The lowest BCUT2D eigenvalue weighted by Crippen LogP contribution is -2.32. The summed E-state index contributed by atoms with van der Waals surface area (Å²) in [5.74, 6) is 0.750. The molecule has 0 amide bonds. The van der Waals surface area contributed by atoms with Gasteiger partial charge in [0, 0.05) is 13.2 Å². The van der Waals surface area contributed by atoms with Gasteiger partial charge in [-0.25, -0.2) is 0 Å². The van der Waals surface area contributed by atoms with E-state index < -0.39 is 6.10 Å². The molecule has 0 radical (unpaired) electrons. The first-order valence-corrected chi connectivity index (χ1v) is 5.83. The molecule has 1 aliphatic carbocycles. The number of ether oxygens (including phenoxy) is 1. The van der Waals surface area contributed by atoms with E-state index in [1.54, 1.807) is 6.92 Å². The summed E-state index contributed by atoms with van der Waals surface area (Å²) in [5, 5.41) is 21.6. The summed E-state index contributed by atoms with van der Waals surface area (Å²) in [5.41, 5.74) is 0. The molecule has 0 aromatic rings. The Kier molecular flexibility index (Phi) is 6.17. The molecule has 2 unspecified atom stereocenters. The van der Waals surface area contributed by atoms with Crippen molar-refractivity contribution in [3.05, 3.63) is 0 Å². The summed E-state index contributed by atoms with van der Waals surface area (Å²) >= 11 is 0. The van der Waals surface area contributed by atoms with Gasteiger partial charge in [-0.1, -0.05) is 0 Å². The van der Waals surface area contributed by atoms with Gasteiger partial charge in [0.15, 0.2) is 0 Å². The third-order valence-electron chi connectivity index (χ3n) is 2.48. The second kappa shape index (κ2) is 7.17. The van der Waals surface area contributed by atoms with E-state index in [1.807, 2.05) is 0 Å². The molecule has 15 heavy (non-hydrogen) atoms. The van der Waals surface area contributed by atoms with Gasteiger partial charge in [0.2, 0.25) is 0 Å². The number of hydrogen-bond acceptors (Lipinski definition) is 4. The maximum absolute atomic E-state index is 9.50. The van der Waals surface area contributed by atoms with Crippen LogP contribution in [0.1, 0.15) is 26.2 Å². The maximum atomic E-state index is 9.50. The summed E-state index contributed by atoms with van der Waals surface area (Å²) in [7, 11) is 0. The zero-order valence-electron chi connectivity index (χ0n) is 9.48. The summed E-state index contributed by atoms with van der Waals surface area (Å²) < 4.78 is 5.36. The molecule has 0 heterocycles. The van der Waals surface area contributed by atoms with Crippen LogP contribution < -0.4 is 5.32 Å². The molecule has 1 aliphatic rings. The molecular weight excluding hydrogens is 194 g/mol. The Morgan fingerprint density at radius 1 is 1.40 bits per heavy atom. The summed E-state index contributed by atoms with van der Waals surface area (Å²) in [6.07, 6.45) is 2.57. The van der Waals surface area contributed by atoms with Crippen molar-refractivity contribution in [2.75, 3.05) is 26.3 Å². The number of rotatable bonds is 9. The Hall–Kier alpha value is -0.160. The van der Waals surface area contributed by atoms with Crippen LogP contribution in [-0.4, -0.2) is 48.7 Å². The summed E-state index contributed by atoms with van der Waals surface area (Å²) in [4.78, 5) is 0. The molecule has 1 fully saturated rings. The van der Waals surface area contributed by atoms with Crippen LogP contribution in [0.3, 0.4) is 0 Å². The van der Waals surface area contributed by atoms with Crippen LogP contribution in [0.5, 0.6) is 0 Å². The minimum atomic E-state index is -0.433. The van der Waals surface area contributed by atoms with Gasteiger partial charge in [0.25, 0.3) is 0 Å². The maximum Gasteiger partial charge on any atom is 0.0897 e. The standard InChI is InChI=1S/C11H23NO3/c1-9(13)4-5-12-6-11(14)8-15-7-10-2-3-10/h9-14H,2-8H2,1H3. The molecule has 0 saturated heterocycles. The van der Waals surface area contributed by atoms with E-state index in [9.17, 15) is 5.11 Å². The minimum Gasteiger partial charge on any atom is -0.393 e. The predicted octanol–water partition coefficient (Wildman–Crippen LogP) is 0.134. The number of hydrogen-bond donors (Lipinski definition) is 3. The zero-order valence-corrected chi connectivity index (χ0v) is 9.48. The van der Waals surface area contributed by atoms with Gasteiger partial charge in [-0.15, -0.1) is 0 Å². The van der Waals surface area contributed by atoms with Gasteiger partial charge in [0.05, 0.1) is 18.8 Å². The highest BCUT2D eigenvalue weighted by atomic mass is 16.5. The largest absolute Gasteiger partial charge is 0.393 e. The van der Waals surface area contributed by atoms with Crippen LogP contribution >= 0.6 is 0 Å². The van der Waals surface area contributed by atoms with E-state index in [0.717, 1.165) is 25.5 Å². The van der Waals surface area contributed by atoms with Crippen molar-refractivity contribution in [2.24, 2.45) is 5.92 Å². The normalized spacial score (nSPS) is 20.2. The van der Waals surface area contributed by atoms with Gasteiger partial charge in [-0.05, 0) is 38.6 Å². The number of aliphatic hydroxyl groups excluding tert-OH is 2. The monoisotopic (exact) mass is 217 g/mol. The Morgan fingerprint density at radius 3 is 2.73 bits per heavy atom. The smallest absolute Gasteiger partial charge is 0.0897 e. The van der Waals surface area contributed by atoms with Crippen molar-refractivity contribution in [3.63, 3.8) is 0 Å². The third kappa shape index (κ3) is 7.73. The SMILES string of the molecule is CC(O)CCNCC(O)COCC1CC1. The first-order chi connectivity index (χ1) is 7.18. The second-order valence-corrected chi connectivity index (χ2v) is 4.48. The van der Waals surface area contributed by atoms with Crippen LogP contribution in [0.25, 0.3) is 0 Å². The van der Waals surface area contributed by atoms with Crippen molar-refractivity contribution in [2.45, 2.75) is 38.4 Å². The van der Waals surface area contributed by atoms with E-state index >= 15 is 0 Å². The summed E-state index contributed by atoms with van der Waals surface area (Å²) in [6, 6.07) is 0. The number of nitrogens with one attached hydrogen (secondary N) is 1. The molecule has 4 heteroatoms. The van der Waals surface area contributed by atoms with Crippen molar-refractivity contribution in [1.82, 2.24) is 5.32 Å². The minimum absolute atomic E-state index is 0.277. The molecule has 2 atom stereocenters. The van der Waals surface area contributed by atoms with E-state index in [-0.39, 0.29) is 6.10 Å². The Bertz CT molecular complexity index is 160. The zero-order chi connectivity index (χ0) is 11.1. The fraction of sp³-hybridized carbons (Fsp3) is 1.00. The predicted molar refractivity (Wildman–Crippen MR) is 58.7 cm³/mol. The van der Waals surface area contributed by atoms with Crippen molar-refractivity contribution in [3.8, 4) is 0 Å². The lowest BCUT2D eigenvalue weighted by atomic mass is 10.3. The average molecular weight is 217 g/mol. The van der Waals surface area contributed by atoms with Crippen LogP contribution in [0.2, 0.25) is 0 Å². The molecule has 1 rings (SSSR count). The van der Waals surface area contributed by atoms with Gasteiger partial charge >= 0.3 is 0 Å². The van der Waals surface area contributed by atoms with Crippen LogP contribution in [-0.2, 0) is 4.74 Å². The van der Waals surface area contributed by atoms with Crippen LogP contribution in [0.15, 0.2) is 0 Å². The van der Waals surface area contributed by atoms with Gasteiger partial charge in [-0.2, -0.15) is 0 Å². The molecule has 0 aliphatic heterocycles. The van der Waals surface area contributed by atoms with Crippen molar-refractivity contribution >= 4 is 0 Å². The molecule has 90 valence electrons.